The van der Waals surface area contributed by atoms with Crippen molar-refractivity contribution >= 4 is 23.1 Å². The van der Waals surface area contributed by atoms with Crippen LogP contribution in [0.4, 0.5) is 6.01 Å². The average molecular weight is 274 g/mol. The van der Waals surface area contributed by atoms with Crippen LogP contribution in [-0.2, 0) is 0 Å². The molecule has 5 nitrogen and oxygen atoms in total. The summed E-state index contributed by atoms with van der Waals surface area (Å²) in [6.45, 7) is 6.37. The number of anilines is 1. The predicted molar refractivity (Wildman–Crippen MR) is 76.1 cm³/mol. The first-order valence-corrected chi connectivity index (χ1v) is 6.93. The monoisotopic (exact) mass is 274 g/mol. The summed E-state index contributed by atoms with van der Waals surface area (Å²) >= 11 is 0. The highest BCUT2D eigenvalue weighted by atomic mass is 16.4. The zero-order valence-corrected chi connectivity index (χ0v) is 11.7. The van der Waals surface area contributed by atoms with Gasteiger partial charge >= 0.3 is 5.97 Å². The molecular weight excluding hydrogens is 256 g/mol. The third kappa shape index (κ3) is 2.24. The van der Waals surface area contributed by atoms with E-state index in [1.165, 1.54) is 6.07 Å². The van der Waals surface area contributed by atoms with Gasteiger partial charge in [-0.05, 0) is 36.5 Å². The summed E-state index contributed by atoms with van der Waals surface area (Å²) in [6.07, 6.45) is 1.15. The Hall–Kier alpha value is -2.04. The highest BCUT2D eigenvalue weighted by Gasteiger charge is 2.27. The summed E-state index contributed by atoms with van der Waals surface area (Å²) in [5, 5.41) is 8.99. The Labute approximate surface area is 117 Å². The van der Waals surface area contributed by atoms with E-state index in [0.29, 0.717) is 29.0 Å². The molecule has 0 aliphatic carbocycles. The van der Waals surface area contributed by atoms with E-state index in [1.54, 1.807) is 12.1 Å². The van der Waals surface area contributed by atoms with E-state index in [0.717, 1.165) is 19.5 Å². The number of carboxylic acid groups (broad SMARTS) is 1. The molecular formula is C15H18N2O3. The van der Waals surface area contributed by atoms with Gasteiger partial charge in [-0.2, -0.15) is 4.98 Å². The van der Waals surface area contributed by atoms with Gasteiger partial charge in [0, 0.05) is 13.1 Å². The second-order valence-electron chi connectivity index (χ2n) is 5.72. The van der Waals surface area contributed by atoms with Gasteiger partial charge in [-0.3, -0.25) is 0 Å². The number of nitrogens with zero attached hydrogens (tertiary/aromatic N) is 2. The summed E-state index contributed by atoms with van der Waals surface area (Å²) in [7, 11) is 0. The van der Waals surface area contributed by atoms with E-state index < -0.39 is 5.97 Å². The lowest BCUT2D eigenvalue weighted by Gasteiger charge is -2.15. The van der Waals surface area contributed by atoms with Crippen LogP contribution in [0.1, 0.15) is 30.6 Å². The maximum atomic E-state index is 11.0. The minimum atomic E-state index is -0.953. The van der Waals surface area contributed by atoms with Gasteiger partial charge in [0.25, 0.3) is 6.01 Å². The van der Waals surface area contributed by atoms with Crippen LogP contribution in [-0.4, -0.2) is 29.1 Å². The summed E-state index contributed by atoms with van der Waals surface area (Å²) in [4.78, 5) is 17.6. The van der Waals surface area contributed by atoms with Gasteiger partial charge in [0.05, 0.1) is 5.56 Å². The molecule has 1 saturated heterocycles. The smallest absolute Gasteiger partial charge is 0.335 e. The van der Waals surface area contributed by atoms with E-state index in [2.05, 4.69) is 23.7 Å². The molecule has 1 aromatic carbocycles. The van der Waals surface area contributed by atoms with Crippen LogP contribution < -0.4 is 4.90 Å². The molecule has 0 amide bonds. The zero-order valence-electron chi connectivity index (χ0n) is 11.7. The molecule has 0 saturated carbocycles. The SMILES string of the molecule is CC(C)C1CCN(c2nc3ccc(C(=O)O)cc3o2)C1. The van der Waals surface area contributed by atoms with Crippen LogP contribution in [0.15, 0.2) is 22.6 Å². The van der Waals surface area contributed by atoms with Crippen LogP contribution in [0, 0.1) is 11.8 Å². The molecule has 0 radical (unpaired) electrons. The standard InChI is InChI=1S/C15H18N2O3/c1-9(2)11-5-6-17(8-11)15-16-12-4-3-10(14(18)19)7-13(12)20-15/h3-4,7,9,11H,5-6,8H2,1-2H3,(H,18,19). The lowest BCUT2D eigenvalue weighted by atomic mass is 9.95. The summed E-state index contributed by atoms with van der Waals surface area (Å²) < 4.78 is 5.72. The van der Waals surface area contributed by atoms with Gasteiger partial charge in [0.15, 0.2) is 5.58 Å². The molecule has 0 spiro atoms. The Morgan fingerprint density at radius 2 is 2.30 bits per heavy atom. The number of carboxylic acids is 1. The van der Waals surface area contributed by atoms with E-state index >= 15 is 0 Å². The predicted octanol–water partition coefficient (Wildman–Crippen LogP) is 3.01. The van der Waals surface area contributed by atoms with Crippen LogP contribution in [0.25, 0.3) is 11.1 Å². The lowest BCUT2D eigenvalue weighted by Crippen LogP contribution is -2.21. The minimum Gasteiger partial charge on any atom is -0.478 e. The van der Waals surface area contributed by atoms with Crippen molar-refractivity contribution in [3.63, 3.8) is 0 Å². The highest BCUT2D eigenvalue weighted by molar-refractivity contribution is 5.92. The van der Waals surface area contributed by atoms with Crippen molar-refractivity contribution in [2.24, 2.45) is 11.8 Å². The number of fused-ring (bicyclic) bond motifs is 1. The molecule has 1 aromatic heterocycles. The van der Waals surface area contributed by atoms with Crippen molar-refractivity contribution in [2.75, 3.05) is 18.0 Å². The van der Waals surface area contributed by atoms with Crippen LogP contribution in [0.2, 0.25) is 0 Å². The van der Waals surface area contributed by atoms with E-state index in [4.69, 9.17) is 9.52 Å². The first-order valence-electron chi connectivity index (χ1n) is 6.93. The number of hydrogen-bond donors (Lipinski definition) is 1. The molecule has 106 valence electrons. The Kier molecular flexibility index (Phi) is 3.12. The van der Waals surface area contributed by atoms with Crippen LogP contribution >= 0.6 is 0 Å². The number of aromatic nitrogens is 1. The molecule has 0 bridgehead atoms. The fourth-order valence-corrected chi connectivity index (χ4v) is 2.69. The van der Waals surface area contributed by atoms with Crippen molar-refractivity contribution in [1.29, 1.82) is 0 Å². The molecule has 3 rings (SSSR count). The van der Waals surface area contributed by atoms with E-state index in [-0.39, 0.29) is 5.56 Å². The molecule has 2 aromatic rings. The third-order valence-corrected chi connectivity index (χ3v) is 4.06. The average Bonchev–Trinajstić information content (AvgIpc) is 3.04. The Morgan fingerprint density at radius 1 is 1.50 bits per heavy atom. The van der Waals surface area contributed by atoms with Gasteiger partial charge < -0.3 is 14.4 Å². The quantitative estimate of drug-likeness (QED) is 0.932. The molecule has 1 atom stereocenters. The van der Waals surface area contributed by atoms with Gasteiger partial charge in [0.2, 0.25) is 0 Å². The van der Waals surface area contributed by atoms with Gasteiger partial charge in [-0.1, -0.05) is 13.8 Å². The third-order valence-electron chi connectivity index (χ3n) is 4.06. The molecule has 2 heterocycles. The number of hydrogen-bond acceptors (Lipinski definition) is 4. The van der Waals surface area contributed by atoms with Crippen molar-refractivity contribution in [3.05, 3.63) is 23.8 Å². The van der Waals surface area contributed by atoms with Crippen molar-refractivity contribution in [3.8, 4) is 0 Å². The largest absolute Gasteiger partial charge is 0.478 e. The highest BCUT2D eigenvalue weighted by Crippen LogP contribution is 2.30. The number of rotatable bonds is 3. The van der Waals surface area contributed by atoms with Crippen molar-refractivity contribution in [1.82, 2.24) is 4.98 Å². The first kappa shape index (κ1) is 13.0. The number of benzene rings is 1. The number of oxazole rings is 1. The molecule has 1 unspecified atom stereocenters. The van der Waals surface area contributed by atoms with Crippen molar-refractivity contribution < 1.29 is 14.3 Å². The fraction of sp³-hybridized carbons (Fsp3) is 0.467. The second-order valence-corrected chi connectivity index (χ2v) is 5.72. The Bertz CT molecular complexity index is 648. The van der Waals surface area contributed by atoms with Gasteiger partial charge in [-0.15, -0.1) is 0 Å². The summed E-state index contributed by atoms with van der Waals surface area (Å²) in [5.41, 5.74) is 1.47. The fourth-order valence-electron chi connectivity index (χ4n) is 2.69. The minimum absolute atomic E-state index is 0.224. The second kappa shape index (κ2) is 4.81. The topological polar surface area (TPSA) is 66.6 Å². The van der Waals surface area contributed by atoms with E-state index in [9.17, 15) is 4.79 Å². The van der Waals surface area contributed by atoms with Gasteiger partial charge in [0.1, 0.15) is 5.52 Å². The van der Waals surface area contributed by atoms with Crippen LogP contribution in [0.5, 0.6) is 0 Å². The molecule has 1 fully saturated rings. The van der Waals surface area contributed by atoms with E-state index in [1.807, 2.05) is 0 Å². The molecule has 5 heteroatoms. The van der Waals surface area contributed by atoms with Crippen molar-refractivity contribution in [2.45, 2.75) is 20.3 Å². The summed E-state index contributed by atoms with van der Waals surface area (Å²) in [6, 6.07) is 5.38. The number of carbonyl (C=O) groups is 1. The molecule has 1 aliphatic rings. The Morgan fingerprint density at radius 3 is 2.95 bits per heavy atom. The summed E-state index contributed by atoms with van der Waals surface area (Å²) in [5.74, 6) is 0.369. The molecule has 1 aliphatic heterocycles. The lowest BCUT2D eigenvalue weighted by molar-refractivity contribution is 0.0697. The van der Waals surface area contributed by atoms with Crippen LogP contribution in [0.3, 0.4) is 0 Å². The van der Waals surface area contributed by atoms with Gasteiger partial charge in [-0.25, -0.2) is 4.79 Å². The number of aromatic carboxylic acids is 1. The maximum Gasteiger partial charge on any atom is 0.335 e. The maximum absolute atomic E-state index is 11.0. The molecule has 20 heavy (non-hydrogen) atoms. The normalized spacial score (nSPS) is 19.1. The zero-order chi connectivity index (χ0) is 14.3. The first-order chi connectivity index (χ1) is 9.54. The Balaban J connectivity index is 1.88. The molecule has 1 N–H and O–H groups in total.